The van der Waals surface area contributed by atoms with Crippen molar-refractivity contribution >= 4 is 11.6 Å². The van der Waals surface area contributed by atoms with Gasteiger partial charge < -0.3 is 19.4 Å². The van der Waals surface area contributed by atoms with E-state index >= 15 is 0 Å². The Morgan fingerprint density at radius 1 is 1.03 bits per heavy atom. The zero-order chi connectivity index (χ0) is 21.0. The molecule has 0 aliphatic rings. The van der Waals surface area contributed by atoms with Crippen LogP contribution in [0.5, 0.6) is 11.5 Å². The highest BCUT2D eigenvalue weighted by atomic mass is 16.5. The van der Waals surface area contributed by atoms with Crippen LogP contribution < -0.4 is 20.3 Å². The van der Waals surface area contributed by atoms with E-state index in [0.29, 0.717) is 23.7 Å². The van der Waals surface area contributed by atoms with E-state index in [0.717, 1.165) is 16.7 Å². The van der Waals surface area contributed by atoms with Gasteiger partial charge in [-0.2, -0.15) is 0 Å². The first-order valence-corrected chi connectivity index (χ1v) is 9.22. The topological polar surface area (TPSA) is 69.6 Å². The first kappa shape index (κ1) is 20.2. The van der Waals surface area contributed by atoms with Crippen LogP contribution >= 0.6 is 0 Å². The number of hydrogen-bond donors (Lipinski definition) is 1. The fourth-order valence-corrected chi connectivity index (χ4v) is 3.08. The average Bonchev–Trinajstić information content (AvgIpc) is 2.72. The number of hydrogen-bond acceptors (Lipinski definition) is 4. The largest absolute Gasteiger partial charge is 0.497 e. The number of amides is 1. The third-order valence-corrected chi connectivity index (χ3v) is 4.77. The van der Waals surface area contributed by atoms with E-state index < -0.39 is 5.91 Å². The third kappa shape index (κ3) is 4.48. The van der Waals surface area contributed by atoms with Crippen molar-refractivity contribution < 1.29 is 14.3 Å². The lowest BCUT2D eigenvalue weighted by molar-refractivity contribution is 0.102. The van der Waals surface area contributed by atoms with Gasteiger partial charge in [-0.05, 0) is 49.2 Å². The summed E-state index contributed by atoms with van der Waals surface area (Å²) in [5, 5.41) is 2.75. The van der Waals surface area contributed by atoms with Gasteiger partial charge in [0.2, 0.25) is 0 Å². The molecule has 0 bridgehead atoms. The molecule has 2 aromatic carbocycles. The van der Waals surface area contributed by atoms with Crippen molar-refractivity contribution in [3.63, 3.8) is 0 Å². The molecule has 1 heterocycles. The molecule has 1 N–H and O–H groups in total. The molecule has 0 fully saturated rings. The van der Waals surface area contributed by atoms with Crippen LogP contribution in [0.3, 0.4) is 0 Å². The minimum Gasteiger partial charge on any atom is -0.497 e. The van der Waals surface area contributed by atoms with Crippen LogP contribution in [0.4, 0.5) is 5.69 Å². The number of ether oxygens (including phenoxy) is 2. The molecule has 0 atom stereocenters. The molecule has 3 rings (SSSR count). The number of pyridine rings is 1. The van der Waals surface area contributed by atoms with Crippen molar-refractivity contribution in [1.82, 2.24) is 4.57 Å². The standard InChI is InChI=1S/C23H24N2O4/c1-15-7-8-16(2)17(12-15)14-25-11-5-6-19(23(25)27)22(26)24-20-10-9-18(28-3)13-21(20)29-4/h5-13H,14H2,1-4H3,(H,24,26). The maximum atomic E-state index is 12.9. The Morgan fingerprint density at radius 3 is 2.55 bits per heavy atom. The van der Waals surface area contributed by atoms with Crippen LogP contribution in [0.2, 0.25) is 0 Å². The van der Waals surface area contributed by atoms with Crippen LogP contribution in [0, 0.1) is 13.8 Å². The molecule has 0 saturated heterocycles. The van der Waals surface area contributed by atoms with Crippen molar-refractivity contribution in [2.45, 2.75) is 20.4 Å². The van der Waals surface area contributed by atoms with Gasteiger partial charge in [-0.25, -0.2) is 0 Å². The second-order valence-corrected chi connectivity index (χ2v) is 6.81. The van der Waals surface area contributed by atoms with Crippen molar-refractivity contribution in [3.8, 4) is 11.5 Å². The Labute approximate surface area is 169 Å². The number of nitrogens with one attached hydrogen (secondary N) is 1. The molecule has 6 heteroatoms. The second kappa shape index (κ2) is 8.65. The SMILES string of the molecule is COc1ccc(NC(=O)c2cccn(Cc3cc(C)ccc3C)c2=O)c(OC)c1. The summed E-state index contributed by atoms with van der Waals surface area (Å²) in [6.45, 7) is 4.42. The molecular formula is C23H24N2O4. The Balaban J connectivity index is 1.88. The van der Waals surface area contributed by atoms with Gasteiger partial charge >= 0.3 is 0 Å². The number of aromatic nitrogens is 1. The molecule has 29 heavy (non-hydrogen) atoms. The summed E-state index contributed by atoms with van der Waals surface area (Å²) in [5.74, 6) is 0.563. The van der Waals surface area contributed by atoms with E-state index in [1.54, 1.807) is 42.1 Å². The highest BCUT2D eigenvalue weighted by Gasteiger charge is 2.15. The number of aryl methyl sites for hydroxylation is 2. The van der Waals surface area contributed by atoms with E-state index in [-0.39, 0.29) is 11.1 Å². The fourth-order valence-electron chi connectivity index (χ4n) is 3.08. The quantitative estimate of drug-likeness (QED) is 0.693. The lowest BCUT2D eigenvalue weighted by Gasteiger charge is -2.13. The van der Waals surface area contributed by atoms with Crippen LogP contribution in [0.1, 0.15) is 27.0 Å². The van der Waals surface area contributed by atoms with Gasteiger partial charge in [0.25, 0.3) is 11.5 Å². The molecule has 0 radical (unpaired) electrons. The third-order valence-electron chi connectivity index (χ3n) is 4.77. The summed E-state index contributed by atoms with van der Waals surface area (Å²) in [6.07, 6.45) is 1.69. The molecule has 1 amide bonds. The number of rotatable bonds is 6. The molecular weight excluding hydrogens is 368 g/mol. The van der Waals surface area contributed by atoms with Crippen LogP contribution in [-0.4, -0.2) is 24.7 Å². The lowest BCUT2D eigenvalue weighted by Crippen LogP contribution is -2.29. The summed E-state index contributed by atoms with van der Waals surface area (Å²) in [6, 6.07) is 14.4. The van der Waals surface area contributed by atoms with Crippen molar-refractivity contribution in [3.05, 3.63) is 87.3 Å². The molecule has 0 aliphatic heterocycles. The number of carbonyl (C=O) groups is 1. The van der Waals surface area contributed by atoms with E-state index in [1.807, 2.05) is 26.0 Å². The molecule has 0 saturated carbocycles. The number of methoxy groups -OCH3 is 2. The number of nitrogens with zero attached hydrogens (tertiary/aromatic N) is 1. The Kier molecular flexibility index (Phi) is 6.02. The summed E-state index contributed by atoms with van der Waals surface area (Å²) < 4.78 is 12.0. The van der Waals surface area contributed by atoms with Crippen LogP contribution in [-0.2, 0) is 6.54 Å². The minimum atomic E-state index is -0.492. The van der Waals surface area contributed by atoms with Crippen LogP contribution in [0.15, 0.2) is 59.5 Å². The van der Waals surface area contributed by atoms with Crippen molar-refractivity contribution in [2.75, 3.05) is 19.5 Å². The fraction of sp³-hybridized carbons (Fsp3) is 0.217. The average molecular weight is 392 g/mol. The summed E-state index contributed by atoms with van der Waals surface area (Å²) in [4.78, 5) is 25.7. The first-order chi connectivity index (χ1) is 13.9. The predicted molar refractivity (Wildman–Crippen MR) is 113 cm³/mol. The Hall–Kier alpha value is -3.54. The van der Waals surface area contributed by atoms with Crippen molar-refractivity contribution in [2.24, 2.45) is 0 Å². The van der Waals surface area contributed by atoms with Crippen molar-refractivity contribution in [1.29, 1.82) is 0 Å². The summed E-state index contributed by atoms with van der Waals surface area (Å²) in [7, 11) is 3.06. The first-order valence-electron chi connectivity index (χ1n) is 9.22. The zero-order valence-electron chi connectivity index (χ0n) is 17.0. The molecule has 0 aliphatic carbocycles. The maximum absolute atomic E-state index is 12.9. The number of benzene rings is 2. The molecule has 0 spiro atoms. The van der Waals surface area contributed by atoms with Gasteiger partial charge in [0.05, 0.1) is 26.5 Å². The number of carbonyl (C=O) groups excluding carboxylic acids is 1. The summed E-state index contributed by atoms with van der Waals surface area (Å²) in [5.41, 5.74) is 3.44. The van der Waals surface area contributed by atoms with Gasteiger partial charge in [0, 0.05) is 12.3 Å². The summed E-state index contributed by atoms with van der Waals surface area (Å²) >= 11 is 0. The smallest absolute Gasteiger partial charge is 0.263 e. The number of anilines is 1. The second-order valence-electron chi connectivity index (χ2n) is 6.81. The van der Waals surface area contributed by atoms with Gasteiger partial charge in [0.1, 0.15) is 17.1 Å². The molecule has 3 aromatic rings. The van der Waals surface area contributed by atoms with E-state index in [9.17, 15) is 9.59 Å². The van der Waals surface area contributed by atoms with Crippen LogP contribution in [0.25, 0.3) is 0 Å². The molecule has 150 valence electrons. The van der Waals surface area contributed by atoms with Gasteiger partial charge in [0.15, 0.2) is 0 Å². The van der Waals surface area contributed by atoms with E-state index in [1.165, 1.54) is 13.2 Å². The monoisotopic (exact) mass is 392 g/mol. The van der Waals surface area contributed by atoms with Gasteiger partial charge in [-0.15, -0.1) is 0 Å². The normalized spacial score (nSPS) is 10.5. The van der Waals surface area contributed by atoms with Gasteiger partial charge in [-0.3, -0.25) is 9.59 Å². The zero-order valence-corrected chi connectivity index (χ0v) is 17.0. The van der Waals surface area contributed by atoms with Gasteiger partial charge in [-0.1, -0.05) is 23.8 Å². The van der Waals surface area contributed by atoms with E-state index in [2.05, 4.69) is 11.4 Å². The molecule has 6 nitrogen and oxygen atoms in total. The predicted octanol–water partition coefficient (Wildman–Crippen LogP) is 3.78. The molecule has 0 unspecified atom stereocenters. The maximum Gasteiger partial charge on any atom is 0.263 e. The Bertz CT molecular complexity index is 1100. The highest BCUT2D eigenvalue weighted by Crippen LogP contribution is 2.29. The Morgan fingerprint density at radius 2 is 1.83 bits per heavy atom. The molecule has 1 aromatic heterocycles. The highest BCUT2D eigenvalue weighted by molar-refractivity contribution is 6.04. The van der Waals surface area contributed by atoms with E-state index in [4.69, 9.17) is 9.47 Å². The lowest BCUT2D eigenvalue weighted by atomic mass is 10.1. The minimum absolute atomic E-state index is 0.0654.